The van der Waals surface area contributed by atoms with Crippen molar-refractivity contribution in [3.63, 3.8) is 0 Å². The average molecular weight is 479 g/mol. The zero-order chi connectivity index (χ0) is 24.4. The first kappa shape index (κ1) is 25.7. The molecule has 0 aliphatic heterocycles. The van der Waals surface area contributed by atoms with Crippen molar-refractivity contribution < 1.29 is 27.9 Å². The number of halogens is 4. The van der Waals surface area contributed by atoms with E-state index in [9.17, 15) is 18.0 Å². The number of carboxylic acid groups (broad SMARTS) is 1. The maximum Gasteiger partial charge on any atom is 0.490 e. The molecule has 3 rings (SSSR count). The fourth-order valence-electron chi connectivity index (χ4n) is 2.88. The molecule has 0 unspecified atom stereocenters. The summed E-state index contributed by atoms with van der Waals surface area (Å²) in [5.41, 5.74) is 3.90. The quantitative estimate of drug-likeness (QED) is 0.470. The fraction of sp³-hybridized carbons (Fsp3) is 0.167. The highest BCUT2D eigenvalue weighted by Crippen LogP contribution is 2.26. The molecule has 0 bridgehead atoms. The average Bonchev–Trinajstić information content (AvgIpc) is 2.74. The number of benzene rings is 3. The number of carbonyl (C=O) groups excluding carboxylic acids is 1. The van der Waals surface area contributed by atoms with Gasteiger partial charge >= 0.3 is 12.1 Å². The van der Waals surface area contributed by atoms with Crippen molar-refractivity contribution >= 4 is 34.9 Å². The van der Waals surface area contributed by atoms with Crippen molar-refractivity contribution in [1.29, 1.82) is 0 Å². The van der Waals surface area contributed by atoms with Crippen molar-refractivity contribution in [3.8, 4) is 0 Å². The Morgan fingerprint density at radius 3 is 2.12 bits per heavy atom. The second kappa shape index (κ2) is 11.9. The molecule has 0 saturated heterocycles. The molecule has 0 aliphatic carbocycles. The number of alkyl halides is 3. The van der Waals surface area contributed by atoms with Gasteiger partial charge in [0.05, 0.1) is 17.8 Å². The van der Waals surface area contributed by atoms with Crippen LogP contribution in [-0.4, -0.2) is 30.2 Å². The summed E-state index contributed by atoms with van der Waals surface area (Å²) in [7, 11) is 2.02. The molecule has 0 aromatic heterocycles. The molecular formula is C24H22ClF3N2O3. The van der Waals surface area contributed by atoms with Gasteiger partial charge in [0.25, 0.3) is 0 Å². The van der Waals surface area contributed by atoms with Gasteiger partial charge in [-0.2, -0.15) is 13.2 Å². The van der Waals surface area contributed by atoms with Crippen LogP contribution in [0.25, 0.3) is 0 Å². The minimum Gasteiger partial charge on any atom is -0.475 e. The largest absolute Gasteiger partial charge is 0.490 e. The molecule has 0 atom stereocenters. The lowest BCUT2D eigenvalue weighted by atomic mass is 10.1. The van der Waals surface area contributed by atoms with Crippen LogP contribution < -0.4 is 10.2 Å². The Labute approximate surface area is 194 Å². The zero-order valence-corrected chi connectivity index (χ0v) is 18.4. The predicted molar refractivity (Wildman–Crippen MR) is 122 cm³/mol. The number of amides is 1. The summed E-state index contributed by atoms with van der Waals surface area (Å²) in [5.74, 6) is -2.82. The summed E-state index contributed by atoms with van der Waals surface area (Å²) in [4.78, 5) is 23.5. The maximum absolute atomic E-state index is 12.5. The number of anilines is 2. The highest BCUT2D eigenvalue weighted by molar-refractivity contribution is 6.30. The number of nitrogens with one attached hydrogen (secondary N) is 1. The number of hydrogen-bond donors (Lipinski definition) is 2. The van der Waals surface area contributed by atoms with Crippen molar-refractivity contribution in [3.05, 3.63) is 95.0 Å². The van der Waals surface area contributed by atoms with Crippen LogP contribution in [0.15, 0.2) is 78.9 Å². The number of para-hydroxylation sites is 2. The van der Waals surface area contributed by atoms with Crippen molar-refractivity contribution in [2.45, 2.75) is 19.1 Å². The van der Waals surface area contributed by atoms with Gasteiger partial charge in [-0.05, 0) is 35.4 Å². The van der Waals surface area contributed by atoms with Gasteiger partial charge in [-0.3, -0.25) is 4.79 Å². The molecule has 174 valence electrons. The molecular weight excluding hydrogens is 457 g/mol. The Kier molecular flexibility index (Phi) is 9.30. The normalized spacial score (nSPS) is 10.6. The molecule has 0 aliphatic rings. The van der Waals surface area contributed by atoms with E-state index in [0.717, 1.165) is 23.5 Å². The van der Waals surface area contributed by atoms with Gasteiger partial charge in [0.1, 0.15) is 0 Å². The molecule has 3 aromatic carbocycles. The van der Waals surface area contributed by atoms with E-state index >= 15 is 0 Å². The van der Waals surface area contributed by atoms with Gasteiger partial charge in [-0.25, -0.2) is 4.79 Å². The number of hydrogen-bond acceptors (Lipinski definition) is 3. The number of carboxylic acids is 1. The number of aliphatic carboxylic acids is 1. The Morgan fingerprint density at radius 1 is 0.939 bits per heavy atom. The first-order chi connectivity index (χ1) is 15.6. The lowest BCUT2D eigenvalue weighted by Gasteiger charge is -2.23. The van der Waals surface area contributed by atoms with Crippen LogP contribution in [0.5, 0.6) is 0 Å². The van der Waals surface area contributed by atoms with Crippen LogP contribution in [0.4, 0.5) is 24.5 Å². The van der Waals surface area contributed by atoms with E-state index < -0.39 is 12.1 Å². The summed E-state index contributed by atoms with van der Waals surface area (Å²) in [6, 6.07) is 25.5. The molecule has 33 heavy (non-hydrogen) atoms. The van der Waals surface area contributed by atoms with Crippen LogP contribution in [0, 0.1) is 0 Å². The number of nitrogens with zero attached hydrogens (tertiary/aromatic N) is 1. The lowest BCUT2D eigenvalue weighted by molar-refractivity contribution is -0.192. The molecule has 2 N–H and O–H groups in total. The Bertz CT molecular complexity index is 1080. The smallest absolute Gasteiger partial charge is 0.475 e. The number of rotatable bonds is 6. The molecule has 0 saturated carbocycles. The molecule has 9 heteroatoms. The Hall–Kier alpha value is -3.52. The van der Waals surface area contributed by atoms with E-state index in [-0.39, 0.29) is 12.3 Å². The maximum atomic E-state index is 12.5. The standard InChI is InChI=1S/C22H21ClN2O.C2HF3O2/c1-25(16-17-8-3-2-4-9-17)21-13-6-5-12-20(21)24-22(26)15-18-10-7-11-19(23)14-18;3-2(4,5)1(6)7/h2-14H,15-16H2,1H3,(H,24,26);(H,6,7). The summed E-state index contributed by atoms with van der Waals surface area (Å²) in [6.07, 6.45) is -4.79. The van der Waals surface area contributed by atoms with Gasteiger partial charge in [0.15, 0.2) is 0 Å². The van der Waals surface area contributed by atoms with E-state index in [4.69, 9.17) is 21.5 Å². The third kappa shape index (κ3) is 8.86. The van der Waals surface area contributed by atoms with Crippen LogP contribution >= 0.6 is 11.6 Å². The molecule has 1 amide bonds. The van der Waals surface area contributed by atoms with E-state index in [0.29, 0.717) is 5.02 Å². The van der Waals surface area contributed by atoms with Gasteiger partial charge in [0, 0.05) is 18.6 Å². The van der Waals surface area contributed by atoms with Gasteiger partial charge < -0.3 is 15.3 Å². The molecule has 0 heterocycles. The molecule has 5 nitrogen and oxygen atoms in total. The minimum absolute atomic E-state index is 0.0622. The highest BCUT2D eigenvalue weighted by atomic mass is 35.5. The summed E-state index contributed by atoms with van der Waals surface area (Å²) >= 11 is 5.99. The van der Waals surface area contributed by atoms with Gasteiger partial charge in [-0.1, -0.05) is 66.2 Å². The summed E-state index contributed by atoms with van der Waals surface area (Å²) in [6.45, 7) is 0.766. The van der Waals surface area contributed by atoms with E-state index in [1.807, 2.05) is 67.7 Å². The second-order valence-corrected chi connectivity index (χ2v) is 7.45. The van der Waals surface area contributed by atoms with Crippen LogP contribution in [0.3, 0.4) is 0 Å². The van der Waals surface area contributed by atoms with Crippen LogP contribution in [0.1, 0.15) is 11.1 Å². The summed E-state index contributed by atoms with van der Waals surface area (Å²) < 4.78 is 31.7. The van der Waals surface area contributed by atoms with Crippen molar-refractivity contribution in [2.75, 3.05) is 17.3 Å². The van der Waals surface area contributed by atoms with E-state index in [1.54, 1.807) is 6.07 Å². The molecule has 0 radical (unpaired) electrons. The first-order valence-electron chi connectivity index (χ1n) is 9.74. The third-order valence-corrected chi connectivity index (χ3v) is 4.58. The fourth-order valence-corrected chi connectivity index (χ4v) is 3.09. The second-order valence-electron chi connectivity index (χ2n) is 7.02. The molecule has 0 spiro atoms. The topological polar surface area (TPSA) is 69.6 Å². The van der Waals surface area contributed by atoms with Gasteiger partial charge in [-0.15, -0.1) is 0 Å². The monoisotopic (exact) mass is 478 g/mol. The van der Waals surface area contributed by atoms with E-state index in [1.165, 1.54) is 5.56 Å². The first-order valence-corrected chi connectivity index (χ1v) is 10.1. The lowest BCUT2D eigenvalue weighted by Crippen LogP contribution is -2.21. The zero-order valence-electron chi connectivity index (χ0n) is 17.6. The third-order valence-electron chi connectivity index (χ3n) is 4.35. The van der Waals surface area contributed by atoms with Crippen LogP contribution in [-0.2, 0) is 22.6 Å². The van der Waals surface area contributed by atoms with Crippen molar-refractivity contribution in [1.82, 2.24) is 0 Å². The van der Waals surface area contributed by atoms with Gasteiger partial charge in [0.2, 0.25) is 5.91 Å². The van der Waals surface area contributed by atoms with E-state index in [2.05, 4.69) is 22.3 Å². The minimum atomic E-state index is -5.08. The molecule has 0 fully saturated rings. The molecule has 3 aromatic rings. The van der Waals surface area contributed by atoms with Crippen molar-refractivity contribution in [2.24, 2.45) is 0 Å². The van der Waals surface area contributed by atoms with Crippen LogP contribution in [0.2, 0.25) is 5.02 Å². The summed E-state index contributed by atoms with van der Waals surface area (Å²) in [5, 5.41) is 10.8. The highest BCUT2D eigenvalue weighted by Gasteiger charge is 2.38. The SMILES string of the molecule is CN(Cc1ccccc1)c1ccccc1NC(=O)Cc1cccc(Cl)c1.O=C(O)C(F)(F)F. The number of carbonyl (C=O) groups is 2. The predicted octanol–water partition coefficient (Wildman–Crippen LogP) is 5.79. The Morgan fingerprint density at radius 2 is 1.52 bits per heavy atom. The Balaban J connectivity index is 0.000000479.